The topological polar surface area (TPSA) is 110 Å². The predicted molar refractivity (Wildman–Crippen MR) is 123 cm³/mol. The first-order chi connectivity index (χ1) is 16.3. The van der Waals surface area contributed by atoms with Crippen LogP contribution in [0.5, 0.6) is 11.5 Å². The Morgan fingerprint density at radius 1 is 1.09 bits per heavy atom. The van der Waals surface area contributed by atoms with Crippen LogP contribution in [-0.2, 0) is 14.4 Å². The third-order valence-corrected chi connectivity index (χ3v) is 7.03. The third kappa shape index (κ3) is 4.26. The number of nitriles is 1. The van der Waals surface area contributed by atoms with E-state index in [-0.39, 0.29) is 22.9 Å². The molecule has 0 bridgehead atoms. The highest BCUT2D eigenvalue weighted by molar-refractivity contribution is 6.11. The average Bonchev–Trinajstić information content (AvgIpc) is 2.83. The van der Waals surface area contributed by atoms with Crippen LogP contribution in [0, 0.1) is 16.7 Å². The van der Waals surface area contributed by atoms with Gasteiger partial charge in [0, 0.05) is 44.6 Å². The molecular formula is C26H27N3O5. The number of carbonyl (C=O) groups excluding carboxylic acids is 3. The molecular weight excluding hydrogens is 434 g/mol. The minimum atomic E-state index is -0.954. The highest BCUT2D eigenvalue weighted by atomic mass is 16.5. The first kappa shape index (κ1) is 23.4. The van der Waals surface area contributed by atoms with Crippen LogP contribution in [0.4, 0.5) is 0 Å². The molecule has 8 nitrogen and oxygen atoms in total. The Bertz CT molecular complexity index is 1130. The van der Waals surface area contributed by atoms with Gasteiger partial charge in [0.2, 0.25) is 5.91 Å². The lowest BCUT2D eigenvalue weighted by Crippen LogP contribution is -2.47. The van der Waals surface area contributed by atoms with Crippen molar-refractivity contribution in [3.05, 3.63) is 41.6 Å². The van der Waals surface area contributed by atoms with Gasteiger partial charge in [0.05, 0.1) is 31.0 Å². The van der Waals surface area contributed by atoms with E-state index >= 15 is 0 Å². The molecule has 1 aromatic heterocycles. The number of amides is 1. The molecule has 1 amide bonds. The number of hydrogen-bond donors (Lipinski definition) is 0. The van der Waals surface area contributed by atoms with Crippen molar-refractivity contribution in [2.24, 2.45) is 5.41 Å². The summed E-state index contributed by atoms with van der Waals surface area (Å²) in [6.07, 6.45) is 3.36. The summed E-state index contributed by atoms with van der Waals surface area (Å²) >= 11 is 0. The van der Waals surface area contributed by atoms with Crippen LogP contribution in [0.2, 0.25) is 0 Å². The second kappa shape index (κ2) is 9.26. The zero-order chi connectivity index (χ0) is 24.5. The van der Waals surface area contributed by atoms with E-state index in [1.165, 1.54) is 20.4 Å². The van der Waals surface area contributed by atoms with Crippen molar-refractivity contribution in [3.63, 3.8) is 0 Å². The van der Waals surface area contributed by atoms with E-state index in [1.807, 2.05) is 6.07 Å². The molecule has 0 N–H and O–H groups in total. The molecule has 1 aromatic carbocycles. The van der Waals surface area contributed by atoms with Crippen LogP contribution >= 0.6 is 0 Å². The molecule has 4 rings (SSSR count). The summed E-state index contributed by atoms with van der Waals surface area (Å²) in [4.78, 5) is 44.6. The van der Waals surface area contributed by atoms with E-state index in [1.54, 1.807) is 36.1 Å². The van der Waals surface area contributed by atoms with E-state index in [0.29, 0.717) is 72.7 Å². The van der Waals surface area contributed by atoms with E-state index < -0.39 is 5.92 Å². The number of ether oxygens (including phenoxy) is 2. The number of nitrogens with zero attached hydrogens (tertiary/aromatic N) is 3. The minimum Gasteiger partial charge on any atom is -0.496 e. The Kier molecular flexibility index (Phi) is 6.38. The van der Waals surface area contributed by atoms with Crippen LogP contribution in [-0.4, -0.2) is 54.7 Å². The van der Waals surface area contributed by atoms with Crippen LogP contribution < -0.4 is 9.47 Å². The van der Waals surface area contributed by atoms with Crippen molar-refractivity contribution in [3.8, 4) is 28.8 Å². The van der Waals surface area contributed by atoms with Gasteiger partial charge in [-0.3, -0.25) is 19.4 Å². The monoisotopic (exact) mass is 461 g/mol. The van der Waals surface area contributed by atoms with E-state index in [4.69, 9.17) is 14.7 Å². The molecule has 1 aliphatic carbocycles. The van der Waals surface area contributed by atoms with E-state index in [9.17, 15) is 14.4 Å². The molecule has 1 aliphatic heterocycles. The van der Waals surface area contributed by atoms with Crippen molar-refractivity contribution in [1.29, 1.82) is 5.26 Å². The van der Waals surface area contributed by atoms with Gasteiger partial charge in [-0.05, 0) is 42.5 Å². The molecule has 1 spiro atoms. The number of ketones is 2. The lowest BCUT2D eigenvalue weighted by atomic mass is 9.63. The number of carbonyl (C=O) groups is 3. The number of pyridine rings is 1. The van der Waals surface area contributed by atoms with Crippen molar-refractivity contribution in [2.75, 3.05) is 27.3 Å². The molecule has 8 heteroatoms. The molecule has 1 saturated heterocycles. The summed E-state index contributed by atoms with van der Waals surface area (Å²) in [6.45, 7) is 2.68. The number of hydrogen-bond acceptors (Lipinski definition) is 7. The molecule has 2 aliphatic rings. The quantitative estimate of drug-likeness (QED) is 0.643. The largest absolute Gasteiger partial charge is 0.496 e. The van der Waals surface area contributed by atoms with E-state index in [0.717, 1.165) is 0 Å². The maximum atomic E-state index is 13.4. The van der Waals surface area contributed by atoms with Gasteiger partial charge in [0.15, 0.2) is 0 Å². The number of benzene rings is 1. The maximum absolute atomic E-state index is 13.4. The lowest BCUT2D eigenvalue weighted by molar-refractivity contribution is -0.139. The zero-order valence-corrected chi connectivity index (χ0v) is 19.6. The summed E-state index contributed by atoms with van der Waals surface area (Å²) in [5, 5.41) is 9.01. The summed E-state index contributed by atoms with van der Waals surface area (Å²) < 4.78 is 11.2. The van der Waals surface area contributed by atoms with Crippen molar-refractivity contribution >= 4 is 17.5 Å². The number of likely N-dealkylation sites (tertiary alicyclic amines) is 1. The summed E-state index contributed by atoms with van der Waals surface area (Å²) in [5.74, 6) is -0.456. The van der Waals surface area contributed by atoms with Crippen LogP contribution in [0.1, 0.15) is 49.7 Å². The average molecular weight is 462 g/mol. The van der Waals surface area contributed by atoms with Crippen LogP contribution in [0.25, 0.3) is 11.3 Å². The molecule has 2 heterocycles. The Balaban J connectivity index is 1.66. The number of rotatable bonds is 4. The Morgan fingerprint density at radius 2 is 1.68 bits per heavy atom. The Morgan fingerprint density at radius 3 is 2.12 bits per heavy atom. The van der Waals surface area contributed by atoms with Gasteiger partial charge in [-0.1, -0.05) is 0 Å². The summed E-state index contributed by atoms with van der Waals surface area (Å²) in [7, 11) is 2.98. The smallest absolute Gasteiger partial charge is 0.219 e. The van der Waals surface area contributed by atoms with E-state index in [2.05, 4.69) is 4.98 Å². The SMILES string of the molecule is COc1cc(-c2ccc(C#N)cn2)cc(OC)c1C1C(=O)CC2(CCN(C(C)=O)CC2)CC1=O. The number of Topliss-reactive ketones (excluding diaryl/α,β-unsaturated/α-hetero) is 2. The van der Waals surface area contributed by atoms with Crippen LogP contribution in [0.3, 0.4) is 0 Å². The van der Waals surface area contributed by atoms with Gasteiger partial charge < -0.3 is 14.4 Å². The summed E-state index contributed by atoms with van der Waals surface area (Å²) in [5.41, 5.74) is 1.79. The molecule has 2 aromatic rings. The fourth-order valence-corrected chi connectivity index (χ4v) is 5.16. The first-order valence-electron chi connectivity index (χ1n) is 11.2. The molecule has 0 atom stereocenters. The Hall–Kier alpha value is -3.73. The maximum Gasteiger partial charge on any atom is 0.219 e. The molecule has 0 radical (unpaired) electrons. The second-order valence-corrected chi connectivity index (χ2v) is 9.06. The number of aromatic nitrogens is 1. The van der Waals surface area contributed by atoms with Gasteiger partial charge in [0.25, 0.3) is 0 Å². The zero-order valence-electron chi connectivity index (χ0n) is 19.6. The molecule has 176 valence electrons. The third-order valence-electron chi connectivity index (χ3n) is 7.03. The second-order valence-electron chi connectivity index (χ2n) is 9.06. The van der Waals surface area contributed by atoms with Gasteiger partial charge >= 0.3 is 0 Å². The molecule has 1 saturated carbocycles. The standard InChI is InChI=1S/C26H27N3O5/c1-16(30)29-8-6-26(7-9-29)12-20(31)24(21(32)13-26)25-22(33-2)10-18(11-23(25)34-3)19-5-4-17(14-27)15-28-19/h4-5,10-11,15,24H,6-9,12-13H2,1-3H3. The number of piperidine rings is 1. The van der Waals surface area contributed by atoms with Crippen molar-refractivity contribution in [1.82, 2.24) is 9.88 Å². The first-order valence-corrected chi connectivity index (χ1v) is 11.2. The predicted octanol–water partition coefficient (Wildman–Crippen LogP) is 3.28. The van der Waals surface area contributed by atoms with Gasteiger partial charge in [0.1, 0.15) is 35.1 Å². The fraction of sp³-hybridized carbons (Fsp3) is 0.423. The Labute approximate surface area is 198 Å². The normalized spacial score (nSPS) is 18.0. The number of methoxy groups -OCH3 is 2. The highest BCUT2D eigenvalue weighted by Crippen LogP contribution is 2.49. The highest BCUT2D eigenvalue weighted by Gasteiger charge is 2.48. The fourth-order valence-electron chi connectivity index (χ4n) is 5.16. The van der Waals surface area contributed by atoms with Crippen molar-refractivity contribution in [2.45, 2.75) is 38.5 Å². The molecule has 0 unspecified atom stereocenters. The van der Waals surface area contributed by atoms with Gasteiger partial charge in [-0.15, -0.1) is 0 Å². The molecule has 34 heavy (non-hydrogen) atoms. The van der Waals surface area contributed by atoms with Gasteiger partial charge in [-0.2, -0.15) is 5.26 Å². The van der Waals surface area contributed by atoms with Gasteiger partial charge in [-0.25, -0.2) is 0 Å². The lowest BCUT2D eigenvalue weighted by Gasteiger charge is -2.44. The minimum absolute atomic E-state index is 0.0208. The summed E-state index contributed by atoms with van der Waals surface area (Å²) in [6, 6.07) is 8.91. The van der Waals surface area contributed by atoms with Crippen LogP contribution in [0.15, 0.2) is 30.5 Å². The van der Waals surface area contributed by atoms with Crippen molar-refractivity contribution < 1.29 is 23.9 Å². The molecule has 2 fully saturated rings.